The predicted octanol–water partition coefficient (Wildman–Crippen LogP) is 1.45. The Bertz CT molecular complexity index is 364. The molecule has 5 nitrogen and oxygen atoms in total. The van der Waals surface area contributed by atoms with E-state index in [1.807, 2.05) is 12.4 Å². The van der Waals surface area contributed by atoms with E-state index < -0.39 is 0 Å². The molecule has 0 atom stereocenters. The van der Waals surface area contributed by atoms with Crippen LogP contribution in [0.15, 0.2) is 12.4 Å². The summed E-state index contributed by atoms with van der Waals surface area (Å²) < 4.78 is 4.99. The van der Waals surface area contributed by atoms with Crippen LogP contribution in [0, 0.1) is 5.92 Å². The molecule has 1 fully saturated rings. The van der Waals surface area contributed by atoms with E-state index in [-0.39, 0.29) is 0 Å². The average Bonchev–Trinajstić information content (AvgIpc) is 3.26. The first-order chi connectivity index (χ1) is 9.33. The molecule has 1 saturated carbocycles. The van der Waals surface area contributed by atoms with Crippen molar-refractivity contribution < 1.29 is 4.74 Å². The van der Waals surface area contributed by atoms with Crippen molar-refractivity contribution in [2.45, 2.75) is 26.3 Å². The van der Waals surface area contributed by atoms with Gasteiger partial charge in [-0.15, -0.1) is 0 Å². The number of rotatable bonds is 9. The van der Waals surface area contributed by atoms with Crippen molar-refractivity contribution in [2.24, 2.45) is 5.92 Å². The molecule has 1 N–H and O–H groups in total. The van der Waals surface area contributed by atoms with E-state index in [1.54, 1.807) is 7.11 Å². The summed E-state index contributed by atoms with van der Waals surface area (Å²) in [6.07, 6.45) is 6.55. The zero-order valence-corrected chi connectivity index (χ0v) is 11.9. The molecule has 106 valence electrons. The molecule has 19 heavy (non-hydrogen) atoms. The number of anilines is 1. The molecule has 0 aromatic carbocycles. The van der Waals surface area contributed by atoms with Gasteiger partial charge in [0.05, 0.1) is 6.61 Å². The van der Waals surface area contributed by atoms with Crippen LogP contribution in [0.5, 0.6) is 0 Å². The number of hydrogen-bond acceptors (Lipinski definition) is 5. The van der Waals surface area contributed by atoms with Crippen LogP contribution in [0.25, 0.3) is 0 Å². The number of methoxy groups -OCH3 is 1. The van der Waals surface area contributed by atoms with E-state index in [2.05, 4.69) is 27.1 Å². The summed E-state index contributed by atoms with van der Waals surface area (Å²) in [7, 11) is 1.71. The summed E-state index contributed by atoms with van der Waals surface area (Å²) in [4.78, 5) is 11.2. The first-order valence-electron chi connectivity index (χ1n) is 7.09. The SMILES string of the molecule is CCN(CC1CC1)c1ncc(CNCCOC)cn1. The Balaban J connectivity index is 1.82. The first-order valence-corrected chi connectivity index (χ1v) is 7.09. The standard InChI is InChI=1S/C14H24N4O/c1-3-18(11-12-4-5-12)14-16-9-13(10-17-14)8-15-6-7-19-2/h9-10,12,15H,3-8,11H2,1-2H3. The topological polar surface area (TPSA) is 50.3 Å². The van der Waals surface area contributed by atoms with Crippen molar-refractivity contribution in [1.29, 1.82) is 0 Å². The minimum absolute atomic E-state index is 0.726. The fourth-order valence-electron chi connectivity index (χ4n) is 1.97. The quantitative estimate of drug-likeness (QED) is 0.684. The van der Waals surface area contributed by atoms with Crippen LogP contribution in [0.2, 0.25) is 0 Å². The molecule has 0 aliphatic heterocycles. The van der Waals surface area contributed by atoms with E-state index >= 15 is 0 Å². The van der Waals surface area contributed by atoms with Gasteiger partial charge in [0.2, 0.25) is 5.95 Å². The minimum atomic E-state index is 0.726. The molecule has 0 radical (unpaired) electrons. The Morgan fingerprint density at radius 1 is 1.37 bits per heavy atom. The maximum atomic E-state index is 4.99. The van der Waals surface area contributed by atoms with Gasteiger partial charge in [0, 0.05) is 51.2 Å². The fraction of sp³-hybridized carbons (Fsp3) is 0.714. The summed E-state index contributed by atoms with van der Waals surface area (Å²) in [6.45, 7) is 6.60. The summed E-state index contributed by atoms with van der Waals surface area (Å²) in [5.41, 5.74) is 1.11. The molecular weight excluding hydrogens is 240 g/mol. The van der Waals surface area contributed by atoms with E-state index in [1.165, 1.54) is 12.8 Å². The average molecular weight is 264 g/mol. The molecule has 1 heterocycles. The Labute approximate surface area is 115 Å². The lowest BCUT2D eigenvalue weighted by Crippen LogP contribution is -2.27. The van der Waals surface area contributed by atoms with Gasteiger partial charge in [-0.3, -0.25) is 0 Å². The predicted molar refractivity (Wildman–Crippen MR) is 76.2 cm³/mol. The monoisotopic (exact) mass is 264 g/mol. The number of nitrogens with one attached hydrogen (secondary N) is 1. The van der Waals surface area contributed by atoms with Gasteiger partial charge in [-0.1, -0.05) is 0 Å². The Hall–Kier alpha value is -1.20. The maximum Gasteiger partial charge on any atom is 0.225 e. The van der Waals surface area contributed by atoms with Crippen molar-refractivity contribution in [1.82, 2.24) is 15.3 Å². The van der Waals surface area contributed by atoms with Gasteiger partial charge in [0.25, 0.3) is 0 Å². The van der Waals surface area contributed by atoms with E-state index in [0.717, 1.165) is 50.2 Å². The molecule has 0 saturated heterocycles. The third kappa shape index (κ3) is 4.76. The van der Waals surface area contributed by atoms with E-state index in [9.17, 15) is 0 Å². The Morgan fingerprint density at radius 2 is 2.11 bits per heavy atom. The summed E-state index contributed by atoms with van der Waals surface area (Å²) >= 11 is 0. The Morgan fingerprint density at radius 3 is 2.68 bits per heavy atom. The lowest BCUT2D eigenvalue weighted by atomic mass is 10.3. The van der Waals surface area contributed by atoms with Crippen LogP contribution in [0.1, 0.15) is 25.3 Å². The summed E-state index contributed by atoms with van der Waals surface area (Å²) in [5, 5.41) is 3.29. The van der Waals surface area contributed by atoms with E-state index in [0.29, 0.717) is 0 Å². The molecule has 1 aromatic rings. The van der Waals surface area contributed by atoms with Gasteiger partial charge >= 0.3 is 0 Å². The van der Waals surface area contributed by atoms with Crippen LogP contribution in [0.4, 0.5) is 5.95 Å². The van der Waals surface area contributed by atoms with Crippen molar-refractivity contribution in [2.75, 3.05) is 38.3 Å². The van der Waals surface area contributed by atoms with Gasteiger partial charge < -0.3 is 15.0 Å². The van der Waals surface area contributed by atoms with Crippen LogP contribution < -0.4 is 10.2 Å². The normalized spacial score (nSPS) is 14.6. The molecule has 0 bridgehead atoms. The zero-order chi connectivity index (χ0) is 13.5. The molecule has 1 aliphatic rings. The lowest BCUT2D eigenvalue weighted by Gasteiger charge is -2.20. The summed E-state index contributed by atoms with van der Waals surface area (Å²) in [5.74, 6) is 1.72. The molecule has 5 heteroatoms. The second-order valence-electron chi connectivity index (χ2n) is 5.04. The van der Waals surface area contributed by atoms with Crippen molar-refractivity contribution in [3.8, 4) is 0 Å². The molecular formula is C14H24N4O. The second-order valence-corrected chi connectivity index (χ2v) is 5.04. The molecule has 0 amide bonds. The van der Waals surface area contributed by atoms with Crippen LogP contribution in [-0.4, -0.2) is 43.3 Å². The van der Waals surface area contributed by atoms with Gasteiger partial charge in [-0.25, -0.2) is 9.97 Å². The van der Waals surface area contributed by atoms with Crippen molar-refractivity contribution >= 4 is 5.95 Å². The second kappa shape index (κ2) is 7.40. The third-order valence-corrected chi connectivity index (χ3v) is 3.34. The molecule has 0 unspecified atom stereocenters. The van der Waals surface area contributed by atoms with Crippen molar-refractivity contribution in [3.63, 3.8) is 0 Å². The highest BCUT2D eigenvalue weighted by molar-refractivity contribution is 5.30. The summed E-state index contributed by atoms with van der Waals surface area (Å²) in [6, 6.07) is 0. The maximum absolute atomic E-state index is 4.99. The minimum Gasteiger partial charge on any atom is -0.383 e. The highest BCUT2D eigenvalue weighted by Gasteiger charge is 2.24. The largest absolute Gasteiger partial charge is 0.383 e. The van der Waals surface area contributed by atoms with Gasteiger partial charge in [-0.05, 0) is 25.7 Å². The fourth-order valence-corrected chi connectivity index (χ4v) is 1.97. The first kappa shape index (κ1) is 14.2. The molecule has 2 rings (SSSR count). The number of hydrogen-bond donors (Lipinski definition) is 1. The van der Waals surface area contributed by atoms with Crippen molar-refractivity contribution in [3.05, 3.63) is 18.0 Å². The van der Waals surface area contributed by atoms with Crippen LogP contribution in [-0.2, 0) is 11.3 Å². The Kier molecular flexibility index (Phi) is 5.54. The van der Waals surface area contributed by atoms with E-state index in [4.69, 9.17) is 4.74 Å². The lowest BCUT2D eigenvalue weighted by molar-refractivity contribution is 0.199. The zero-order valence-electron chi connectivity index (χ0n) is 11.9. The highest BCUT2D eigenvalue weighted by Crippen LogP contribution is 2.30. The van der Waals surface area contributed by atoms with Crippen LogP contribution >= 0.6 is 0 Å². The smallest absolute Gasteiger partial charge is 0.225 e. The highest BCUT2D eigenvalue weighted by atomic mass is 16.5. The van der Waals surface area contributed by atoms with Gasteiger partial charge in [0.1, 0.15) is 0 Å². The van der Waals surface area contributed by atoms with Gasteiger partial charge in [0.15, 0.2) is 0 Å². The molecule has 0 spiro atoms. The number of ether oxygens (including phenoxy) is 1. The van der Waals surface area contributed by atoms with Gasteiger partial charge in [-0.2, -0.15) is 0 Å². The molecule has 1 aromatic heterocycles. The number of nitrogens with zero attached hydrogens (tertiary/aromatic N) is 3. The number of aromatic nitrogens is 2. The van der Waals surface area contributed by atoms with Crippen LogP contribution in [0.3, 0.4) is 0 Å². The molecule has 1 aliphatic carbocycles. The third-order valence-electron chi connectivity index (χ3n) is 3.34.